The van der Waals surface area contributed by atoms with E-state index in [2.05, 4.69) is 17.1 Å². The van der Waals surface area contributed by atoms with Crippen LogP contribution in [0.3, 0.4) is 0 Å². The lowest BCUT2D eigenvalue weighted by Crippen LogP contribution is -2.60. The van der Waals surface area contributed by atoms with E-state index in [4.69, 9.17) is 11.6 Å². The van der Waals surface area contributed by atoms with E-state index < -0.39 is 0 Å². The molecule has 1 N–H and O–H groups in total. The van der Waals surface area contributed by atoms with Crippen LogP contribution in [0.1, 0.15) is 19.8 Å². The van der Waals surface area contributed by atoms with Crippen LogP contribution < -0.4 is 10.2 Å². The third-order valence-electron chi connectivity index (χ3n) is 4.12. The first-order valence-corrected chi connectivity index (χ1v) is 6.91. The molecular formula is C14H18ClFN2. The van der Waals surface area contributed by atoms with Gasteiger partial charge in [0, 0.05) is 35.9 Å². The fourth-order valence-electron chi connectivity index (χ4n) is 2.94. The summed E-state index contributed by atoms with van der Waals surface area (Å²) in [5.74, 6) is 0.508. The van der Waals surface area contributed by atoms with Crippen molar-refractivity contribution in [2.24, 2.45) is 5.92 Å². The van der Waals surface area contributed by atoms with Crippen LogP contribution in [0.4, 0.5) is 10.1 Å². The zero-order valence-corrected chi connectivity index (χ0v) is 11.3. The molecule has 3 rings (SSSR count). The number of nitrogens with one attached hydrogen (secondary N) is 1. The van der Waals surface area contributed by atoms with Crippen LogP contribution in [0.15, 0.2) is 18.2 Å². The average molecular weight is 269 g/mol. The van der Waals surface area contributed by atoms with E-state index in [0.717, 1.165) is 31.2 Å². The molecular weight excluding hydrogens is 251 g/mol. The molecule has 98 valence electrons. The summed E-state index contributed by atoms with van der Waals surface area (Å²) >= 11 is 5.93. The van der Waals surface area contributed by atoms with Gasteiger partial charge >= 0.3 is 0 Å². The summed E-state index contributed by atoms with van der Waals surface area (Å²) in [5, 5.41) is 4.09. The fraction of sp³-hybridized carbons (Fsp3) is 0.571. The van der Waals surface area contributed by atoms with Gasteiger partial charge in [0.25, 0.3) is 0 Å². The van der Waals surface area contributed by atoms with E-state index in [-0.39, 0.29) is 11.4 Å². The molecule has 0 aromatic heterocycles. The summed E-state index contributed by atoms with van der Waals surface area (Å²) in [4.78, 5) is 2.24. The largest absolute Gasteiger partial charge is 0.368 e. The molecule has 1 aromatic rings. The van der Waals surface area contributed by atoms with E-state index >= 15 is 0 Å². The van der Waals surface area contributed by atoms with Crippen molar-refractivity contribution in [3.05, 3.63) is 29.0 Å². The quantitative estimate of drug-likeness (QED) is 0.887. The predicted molar refractivity (Wildman–Crippen MR) is 72.8 cm³/mol. The molecule has 1 saturated heterocycles. The lowest BCUT2D eigenvalue weighted by molar-refractivity contribution is 0.285. The highest BCUT2D eigenvalue weighted by molar-refractivity contribution is 6.30. The first kappa shape index (κ1) is 12.2. The van der Waals surface area contributed by atoms with Crippen molar-refractivity contribution in [3.8, 4) is 0 Å². The fourth-order valence-corrected chi connectivity index (χ4v) is 3.16. The molecule has 2 nitrogen and oxygen atoms in total. The highest BCUT2D eigenvalue weighted by Gasteiger charge is 2.43. The third kappa shape index (κ3) is 2.34. The van der Waals surface area contributed by atoms with Gasteiger partial charge in [-0.05, 0) is 43.9 Å². The minimum absolute atomic E-state index is 0.164. The Balaban J connectivity index is 1.83. The number of hydrogen-bond acceptors (Lipinski definition) is 2. The van der Waals surface area contributed by atoms with E-state index in [0.29, 0.717) is 5.02 Å². The number of benzene rings is 1. The zero-order valence-electron chi connectivity index (χ0n) is 10.5. The highest BCUT2D eigenvalue weighted by Crippen LogP contribution is 2.41. The number of halogens is 2. The number of piperazine rings is 1. The number of hydrogen-bond donors (Lipinski definition) is 1. The van der Waals surface area contributed by atoms with Gasteiger partial charge in [0.15, 0.2) is 0 Å². The van der Waals surface area contributed by atoms with Crippen LogP contribution in [-0.4, -0.2) is 25.2 Å². The van der Waals surface area contributed by atoms with Crippen molar-refractivity contribution < 1.29 is 4.39 Å². The molecule has 1 atom stereocenters. The van der Waals surface area contributed by atoms with Crippen LogP contribution in [0.2, 0.25) is 5.02 Å². The zero-order chi connectivity index (χ0) is 12.8. The van der Waals surface area contributed by atoms with E-state index in [1.54, 1.807) is 6.07 Å². The van der Waals surface area contributed by atoms with Crippen molar-refractivity contribution in [2.45, 2.75) is 25.3 Å². The minimum Gasteiger partial charge on any atom is -0.368 e. The molecule has 4 heteroatoms. The van der Waals surface area contributed by atoms with Crippen molar-refractivity contribution in [3.63, 3.8) is 0 Å². The summed E-state index contributed by atoms with van der Waals surface area (Å²) in [6, 6.07) is 4.78. The van der Waals surface area contributed by atoms with Gasteiger partial charge in [0.1, 0.15) is 5.82 Å². The summed E-state index contributed by atoms with van der Waals surface area (Å²) in [5.41, 5.74) is 1.06. The molecule has 1 aliphatic carbocycles. The van der Waals surface area contributed by atoms with Gasteiger partial charge in [0.05, 0.1) is 0 Å². The maximum Gasteiger partial charge on any atom is 0.126 e. The SMILES string of the molecule is CC1(C2CC2)CN(c2cc(F)cc(Cl)c2)CCN1. The molecule has 1 unspecified atom stereocenters. The Morgan fingerprint density at radius 1 is 1.39 bits per heavy atom. The van der Waals surface area contributed by atoms with Crippen molar-refractivity contribution >= 4 is 17.3 Å². The van der Waals surface area contributed by atoms with Gasteiger partial charge in [-0.25, -0.2) is 4.39 Å². The molecule has 18 heavy (non-hydrogen) atoms. The first-order chi connectivity index (χ1) is 8.57. The van der Waals surface area contributed by atoms with Crippen molar-refractivity contribution in [1.29, 1.82) is 0 Å². The summed E-state index contributed by atoms with van der Waals surface area (Å²) in [6.45, 7) is 5.05. The molecule has 0 bridgehead atoms. The number of rotatable bonds is 2. The monoisotopic (exact) mass is 268 g/mol. The summed E-state index contributed by atoms with van der Waals surface area (Å²) < 4.78 is 13.4. The molecule has 0 radical (unpaired) electrons. The van der Waals surface area contributed by atoms with Crippen molar-refractivity contribution in [1.82, 2.24) is 5.32 Å². The Bertz CT molecular complexity index is 441. The molecule has 2 fully saturated rings. The highest BCUT2D eigenvalue weighted by atomic mass is 35.5. The second-order valence-electron chi connectivity index (χ2n) is 5.67. The Hall–Kier alpha value is -0.800. The third-order valence-corrected chi connectivity index (χ3v) is 4.34. The minimum atomic E-state index is -0.260. The standard InChI is InChI=1S/C14H18ClFN2/c1-14(10-2-3-10)9-18(5-4-17-14)13-7-11(15)6-12(16)8-13/h6-8,10,17H,2-5,9H2,1H3. The Morgan fingerprint density at radius 3 is 2.83 bits per heavy atom. The van der Waals surface area contributed by atoms with Crippen LogP contribution in [0.25, 0.3) is 0 Å². The predicted octanol–water partition coefficient (Wildman–Crippen LogP) is 3.06. The van der Waals surface area contributed by atoms with Gasteiger partial charge in [-0.3, -0.25) is 0 Å². The van der Waals surface area contributed by atoms with E-state index in [1.165, 1.54) is 18.9 Å². The van der Waals surface area contributed by atoms with Gasteiger partial charge in [0.2, 0.25) is 0 Å². The Labute approximate surface area is 112 Å². The van der Waals surface area contributed by atoms with Gasteiger partial charge in [-0.2, -0.15) is 0 Å². The van der Waals surface area contributed by atoms with Crippen molar-refractivity contribution in [2.75, 3.05) is 24.5 Å². The molecule has 1 heterocycles. The van der Waals surface area contributed by atoms with Gasteiger partial charge in [-0.15, -0.1) is 0 Å². The van der Waals surface area contributed by atoms with Crippen LogP contribution in [-0.2, 0) is 0 Å². The molecule has 0 amide bonds. The maximum atomic E-state index is 13.4. The first-order valence-electron chi connectivity index (χ1n) is 6.53. The molecule has 1 aromatic carbocycles. The van der Waals surface area contributed by atoms with Crippen LogP contribution >= 0.6 is 11.6 Å². The maximum absolute atomic E-state index is 13.4. The lowest BCUT2D eigenvalue weighted by atomic mass is 9.92. The topological polar surface area (TPSA) is 15.3 Å². The molecule has 1 saturated carbocycles. The van der Waals surface area contributed by atoms with Crippen LogP contribution in [0, 0.1) is 11.7 Å². The second-order valence-corrected chi connectivity index (χ2v) is 6.10. The normalized spacial score (nSPS) is 28.5. The summed E-state index contributed by atoms with van der Waals surface area (Å²) in [6.07, 6.45) is 2.61. The van der Waals surface area contributed by atoms with Crippen LogP contribution in [0.5, 0.6) is 0 Å². The smallest absolute Gasteiger partial charge is 0.126 e. The molecule has 0 spiro atoms. The van der Waals surface area contributed by atoms with Gasteiger partial charge < -0.3 is 10.2 Å². The van der Waals surface area contributed by atoms with E-state index in [1.807, 2.05) is 6.07 Å². The van der Waals surface area contributed by atoms with Gasteiger partial charge in [-0.1, -0.05) is 11.6 Å². The summed E-state index contributed by atoms with van der Waals surface area (Å²) in [7, 11) is 0. The number of anilines is 1. The molecule has 2 aliphatic rings. The van der Waals surface area contributed by atoms with E-state index in [9.17, 15) is 4.39 Å². The Kier molecular flexibility index (Phi) is 2.99. The molecule has 1 aliphatic heterocycles. The number of nitrogens with zero attached hydrogens (tertiary/aromatic N) is 1. The Morgan fingerprint density at radius 2 is 2.17 bits per heavy atom. The average Bonchev–Trinajstić information content (AvgIpc) is 3.11. The second kappa shape index (κ2) is 4.39. The lowest BCUT2D eigenvalue weighted by Gasteiger charge is -2.43.